The fourth-order valence-corrected chi connectivity index (χ4v) is 1.41. The van der Waals surface area contributed by atoms with Gasteiger partial charge in [0, 0.05) is 0 Å². The zero-order valence-electron chi connectivity index (χ0n) is 8.25. The molecule has 0 unspecified atom stereocenters. The molecule has 0 spiro atoms. The molecule has 72 valence electrons. The monoisotopic (exact) mass is 234 g/mol. The maximum atomic E-state index is 12.4. The molecule has 0 amide bonds. The van der Waals surface area contributed by atoms with Crippen molar-refractivity contribution in [2.45, 2.75) is 0 Å². The summed E-state index contributed by atoms with van der Waals surface area (Å²) in [6.45, 7) is -4.89. The third kappa shape index (κ3) is 3.07. The summed E-state index contributed by atoms with van der Waals surface area (Å²) in [5.74, 6) is 0. The number of hydrogen-bond acceptors (Lipinski definition) is 0. The van der Waals surface area contributed by atoms with Crippen LogP contribution >= 0.6 is 0 Å². The molecule has 0 atom stereocenters. The van der Waals surface area contributed by atoms with Crippen molar-refractivity contribution < 1.29 is 64.3 Å². The molecule has 0 nitrogen and oxygen atoms in total. The number of rotatable bonds is 1. The Kier molecular flexibility index (Phi) is 4.43. The van der Waals surface area contributed by atoms with Crippen LogP contribution in [0.15, 0.2) is 42.5 Å². The molecule has 0 aliphatic rings. The minimum absolute atomic E-state index is 0. The zero-order valence-corrected chi connectivity index (χ0v) is 11.4. The van der Waals surface area contributed by atoms with E-state index in [1.807, 2.05) is 0 Å². The Labute approximate surface area is 128 Å². The van der Waals surface area contributed by atoms with E-state index in [0.29, 0.717) is 5.39 Å². The minimum Gasteiger partial charge on any atom is -0.445 e. The molecule has 0 saturated heterocycles. The van der Waals surface area contributed by atoms with Crippen LogP contribution in [0.2, 0.25) is 0 Å². The van der Waals surface area contributed by atoms with E-state index in [1.165, 1.54) is 12.1 Å². The predicted molar refractivity (Wildman–Crippen MR) is 52.7 cm³/mol. The SMILES string of the molecule is F[B-](F)(F)c1ccc2ccccc2c1.[K+]. The van der Waals surface area contributed by atoms with Gasteiger partial charge in [0.05, 0.1) is 0 Å². The fourth-order valence-electron chi connectivity index (χ4n) is 1.41. The van der Waals surface area contributed by atoms with Gasteiger partial charge in [-0.2, -0.15) is 0 Å². The van der Waals surface area contributed by atoms with Crippen molar-refractivity contribution in [3.8, 4) is 0 Å². The first kappa shape index (κ1) is 13.3. The van der Waals surface area contributed by atoms with Crippen LogP contribution in [0.25, 0.3) is 10.8 Å². The van der Waals surface area contributed by atoms with Crippen LogP contribution in [0.3, 0.4) is 0 Å². The Morgan fingerprint density at radius 1 is 0.800 bits per heavy atom. The van der Waals surface area contributed by atoms with E-state index in [9.17, 15) is 12.9 Å². The van der Waals surface area contributed by atoms with Crippen molar-refractivity contribution >= 4 is 23.2 Å². The number of fused-ring (bicyclic) bond motifs is 1. The Balaban J connectivity index is 0.00000112. The summed E-state index contributed by atoms with van der Waals surface area (Å²) in [5, 5.41) is 1.46. The second-order valence-electron chi connectivity index (χ2n) is 3.18. The topological polar surface area (TPSA) is 0 Å². The summed E-state index contributed by atoms with van der Waals surface area (Å²) in [6, 6.07) is 10.8. The van der Waals surface area contributed by atoms with Crippen LogP contribution in [0.5, 0.6) is 0 Å². The molecule has 0 aromatic heterocycles. The van der Waals surface area contributed by atoms with Gasteiger partial charge in [0.1, 0.15) is 0 Å². The molecule has 5 heteroatoms. The summed E-state index contributed by atoms with van der Waals surface area (Å²) >= 11 is 0. The van der Waals surface area contributed by atoms with E-state index >= 15 is 0 Å². The van der Waals surface area contributed by atoms with Crippen molar-refractivity contribution in [3.63, 3.8) is 0 Å². The van der Waals surface area contributed by atoms with Crippen molar-refractivity contribution in [2.24, 2.45) is 0 Å². The van der Waals surface area contributed by atoms with Gasteiger partial charge in [0.15, 0.2) is 0 Å². The van der Waals surface area contributed by atoms with E-state index < -0.39 is 12.4 Å². The average molecular weight is 234 g/mol. The molecular formula is C10H7BF3K. The first-order valence-corrected chi connectivity index (χ1v) is 4.26. The van der Waals surface area contributed by atoms with Gasteiger partial charge in [-0.3, -0.25) is 0 Å². The summed E-state index contributed by atoms with van der Waals surface area (Å²) in [4.78, 5) is 0. The molecule has 0 saturated carbocycles. The van der Waals surface area contributed by atoms with Crippen LogP contribution in [0.1, 0.15) is 0 Å². The van der Waals surface area contributed by atoms with Gasteiger partial charge in [-0.05, 0) is 10.8 Å². The molecule has 0 fully saturated rings. The first-order valence-electron chi connectivity index (χ1n) is 4.26. The molecule has 0 aliphatic carbocycles. The van der Waals surface area contributed by atoms with Crippen LogP contribution in [0, 0.1) is 0 Å². The van der Waals surface area contributed by atoms with Crippen LogP contribution < -0.4 is 56.8 Å². The third-order valence-electron chi connectivity index (χ3n) is 2.15. The zero-order chi connectivity index (χ0) is 10.2. The smallest absolute Gasteiger partial charge is 0.445 e. The van der Waals surface area contributed by atoms with Crippen molar-refractivity contribution in [3.05, 3.63) is 42.5 Å². The summed E-state index contributed by atoms with van der Waals surface area (Å²) in [5.41, 5.74) is -0.538. The van der Waals surface area contributed by atoms with Gasteiger partial charge in [-0.1, -0.05) is 42.5 Å². The number of benzene rings is 2. The quantitative estimate of drug-likeness (QED) is 0.604. The van der Waals surface area contributed by atoms with Gasteiger partial charge in [-0.15, -0.1) is 5.46 Å². The molecule has 2 aromatic rings. The summed E-state index contributed by atoms with van der Waals surface area (Å²) < 4.78 is 37.1. The van der Waals surface area contributed by atoms with Gasteiger partial charge in [0.25, 0.3) is 0 Å². The number of hydrogen-bond donors (Lipinski definition) is 0. The van der Waals surface area contributed by atoms with Crippen LogP contribution in [-0.2, 0) is 0 Å². The largest absolute Gasteiger partial charge is 1.00 e. The van der Waals surface area contributed by atoms with Gasteiger partial charge in [-0.25, -0.2) is 0 Å². The Bertz CT molecular complexity index is 467. The van der Waals surface area contributed by atoms with E-state index in [1.54, 1.807) is 24.3 Å². The molecule has 0 bridgehead atoms. The molecule has 2 rings (SSSR count). The van der Waals surface area contributed by atoms with Crippen LogP contribution in [0.4, 0.5) is 12.9 Å². The normalized spacial score (nSPS) is 11.1. The molecule has 0 radical (unpaired) electrons. The van der Waals surface area contributed by atoms with E-state index in [2.05, 4.69) is 0 Å². The molecule has 0 heterocycles. The molecule has 0 aliphatic heterocycles. The summed E-state index contributed by atoms with van der Waals surface area (Å²) in [7, 11) is 0. The summed E-state index contributed by atoms with van der Waals surface area (Å²) in [6.07, 6.45) is 0. The number of halogens is 3. The maximum absolute atomic E-state index is 12.4. The Hall–Kier alpha value is 0.191. The van der Waals surface area contributed by atoms with Gasteiger partial charge in [0.2, 0.25) is 0 Å². The standard InChI is InChI=1S/C10H7BF3.K/c12-11(13,14)10-6-5-8-3-1-2-4-9(8)7-10;/h1-7H;/q-1;+1. The molecule has 15 heavy (non-hydrogen) atoms. The van der Waals surface area contributed by atoms with Gasteiger partial charge < -0.3 is 12.9 Å². The van der Waals surface area contributed by atoms with Crippen molar-refractivity contribution in [1.29, 1.82) is 0 Å². The fraction of sp³-hybridized carbons (Fsp3) is 0. The van der Waals surface area contributed by atoms with Crippen molar-refractivity contribution in [2.75, 3.05) is 0 Å². The first-order chi connectivity index (χ1) is 6.57. The molecule has 2 aromatic carbocycles. The minimum atomic E-state index is -4.89. The third-order valence-corrected chi connectivity index (χ3v) is 2.15. The van der Waals surface area contributed by atoms with E-state index in [-0.39, 0.29) is 51.4 Å². The van der Waals surface area contributed by atoms with Crippen LogP contribution in [-0.4, -0.2) is 6.98 Å². The second-order valence-corrected chi connectivity index (χ2v) is 3.18. The Morgan fingerprint density at radius 2 is 1.40 bits per heavy atom. The maximum Gasteiger partial charge on any atom is 1.00 e. The molecular weight excluding hydrogens is 227 g/mol. The predicted octanol–water partition coefficient (Wildman–Crippen LogP) is -0.102. The Morgan fingerprint density at radius 3 is 2.00 bits per heavy atom. The second kappa shape index (κ2) is 5.01. The van der Waals surface area contributed by atoms with Gasteiger partial charge >= 0.3 is 58.4 Å². The van der Waals surface area contributed by atoms with E-state index in [4.69, 9.17) is 0 Å². The van der Waals surface area contributed by atoms with E-state index in [0.717, 1.165) is 11.5 Å². The molecule has 0 N–H and O–H groups in total. The average Bonchev–Trinajstić information content (AvgIpc) is 2.16. The van der Waals surface area contributed by atoms with Crippen molar-refractivity contribution in [1.82, 2.24) is 0 Å².